The van der Waals surface area contributed by atoms with E-state index in [0.29, 0.717) is 12.1 Å². The summed E-state index contributed by atoms with van der Waals surface area (Å²) < 4.78 is 5.65. The Kier molecular flexibility index (Phi) is 4.62. The zero-order valence-corrected chi connectivity index (χ0v) is 10.7. The Morgan fingerprint density at radius 1 is 1.38 bits per heavy atom. The van der Waals surface area contributed by atoms with Crippen LogP contribution < -0.4 is 5.32 Å². The first kappa shape index (κ1) is 12.3. The van der Waals surface area contributed by atoms with Gasteiger partial charge in [-0.25, -0.2) is 0 Å². The summed E-state index contributed by atoms with van der Waals surface area (Å²) in [5.74, 6) is 0.773. The normalized spacial score (nSPS) is 36.8. The number of hydrogen-bond acceptors (Lipinski definition) is 3. The number of hydrogen-bond donors (Lipinski definition) is 1. The molecule has 2 fully saturated rings. The van der Waals surface area contributed by atoms with Gasteiger partial charge in [-0.2, -0.15) is 0 Å². The second-order valence-electron chi connectivity index (χ2n) is 5.31. The first-order valence-electron chi connectivity index (χ1n) is 6.87. The van der Waals surface area contributed by atoms with Gasteiger partial charge in [0.1, 0.15) is 0 Å². The third kappa shape index (κ3) is 3.19. The lowest BCUT2D eigenvalue weighted by molar-refractivity contribution is 0.0945. The Morgan fingerprint density at radius 2 is 2.25 bits per heavy atom. The van der Waals surface area contributed by atoms with Crippen molar-refractivity contribution in [3.05, 3.63) is 0 Å². The molecule has 0 aromatic heterocycles. The number of piperidine rings is 1. The maximum atomic E-state index is 5.65. The second-order valence-corrected chi connectivity index (χ2v) is 5.31. The summed E-state index contributed by atoms with van der Waals surface area (Å²) in [6, 6.07) is 0.701. The van der Waals surface area contributed by atoms with Crippen molar-refractivity contribution in [2.24, 2.45) is 5.92 Å². The molecule has 0 radical (unpaired) electrons. The summed E-state index contributed by atoms with van der Waals surface area (Å²) in [5, 5.41) is 3.71. The van der Waals surface area contributed by atoms with E-state index in [-0.39, 0.29) is 0 Å². The fourth-order valence-corrected chi connectivity index (χ4v) is 2.91. The highest BCUT2D eigenvalue weighted by Crippen LogP contribution is 2.17. The SMILES string of the molecule is CCN1CCC(NCC2CCCO2)C(C)C1. The van der Waals surface area contributed by atoms with E-state index in [1.54, 1.807) is 0 Å². The van der Waals surface area contributed by atoms with Crippen LogP contribution in [-0.4, -0.2) is 49.8 Å². The quantitative estimate of drug-likeness (QED) is 0.786. The molecule has 3 atom stereocenters. The van der Waals surface area contributed by atoms with E-state index >= 15 is 0 Å². The van der Waals surface area contributed by atoms with Crippen molar-refractivity contribution >= 4 is 0 Å². The highest BCUT2D eigenvalue weighted by atomic mass is 16.5. The molecule has 3 heteroatoms. The molecule has 3 unspecified atom stereocenters. The van der Waals surface area contributed by atoms with Crippen LogP contribution in [0.15, 0.2) is 0 Å². The standard InChI is InChI=1S/C13H26N2O/c1-3-15-7-6-13(11(2)10-15)14-9-12-5-4-8-16-12/h11-14H,3-10H2,1-2H3. The van der Waals surface area contributed by atoms with E-state index in [9.17, 15) is 0 Å². The number of rotatable bonds is 4. The van der Waals surface area contributed by atoms with E-state index < -0.39 is 0 Å². The van der Waals surface area contributed by atoms with Crippen LogP contribution in [0.4, 0.5) is 0 Å². The summed E-state index contributed by atoms with van der Waals surface area (Å²) in [6.45, 7) is 10.4. The van der Waals surface area contributed by atoms with Crippen molar-refractivity contribution in [3.63, 3.8) is 0 Å². The van der Waals surface area contributed by atoms with E-state index in [0.717, 1.165) is 19.1 Å². The third-order valence-corrected chi connectivity index (χ3v) is 4.07. The Labute approximate surface area is 99.5 Å². The first-order chi connectivity index (χ1) is 7.79. The number of nitrogens with one attached hydrogen (secondary N) is 1. The Bertz CT molecular complexity index is 204. The molecule has 0 aromatic carbocycles. The molecule has 2 heterocycles. The molecular weight excluding hydrogens is 200 g/mol. The van der Waals surface area contributed by atoms with Crippen LogP contribution in [-0.2, 0) is 4.74 Å². The van der Waals surface area contributed by atoms with Crippen molar-refractivity contribution in [2.45, 2.75) is 45.3 Å². The lowest BCUT2D eigenvalue weighted by Crippen LogP contribution is -2.49. The lowest BCUT2D eigenvalue weighted by Gasteiger charge is -2.37. The summed E-state index contributed by atoms with van der Waals surface area (Å²) in [7, 11) is 0. The molecule has 0 bridgehead atoms. The summed E-state index contributed by atoms with van der Waals surface area (Å²) in [5.41, 5.74) is 0. The predicted molar refractivity (Wildman–Crippen MR) is 66.7 cm³/mol. The highest BCUT2D eigenvalue weighted by molar-refractivity contribution is 4.83. The van der Waals surface area contributed by atoms with Gasteiger partial charge in [0.15, 0.2) is 0 Å². The molecule has 0 amide bonds. The minimum atomic E-state index is 0.483. The van der Waals surface area contributed by atoms with Crippen LogP contribution in [0.1, 0.15) is 33.1 Å². The predicted octanol–water partition coefficient (Wildman–Crippen LogP) is 1.49. The van der Waals surface area contributed by atoms with Gasteiger partial charge in [0.2, 0.25) is 0 Å². The fraction of sp³-hybridized carbons (Fsp3) is 1.00. The van der Waals surface area contributed by atoms with E-state index in [1.807, 2.05) is 0 Å². The van der Waals surface area contributed by atoms with Gasteiger partial charge in [0, 0.05) is 25.7 Å². The molecule has 3 nitrogen and oxygen atoms in total. The van der Waals surface area contributed by atoms with Gasteiger partial charge in [-0.15, -0.1) is 0 Å². The molecule has 0 aliphatic carbocycles. The Morgan fingerprint density at radius 3 is 2.88 bits per heavy atom. The zero-order valence-electron chi connectivity index (χ0n) is 10.7. The van der Waals surface area contributed by atoms with Gasteiger partial charge in [0.25, 0.3) is 0 Å². The van der Waals surface area contributed by atoms with E-state index in [2.05, 4.69) is 24.1 Å². The van der Waals surface area contributed by atoms with Crippen molar-refractivity contribution < 1.29 is 4.74 Å². The van der Waals surface area contributed by atoms with Crippen LogP contribution in [0.25, 0.3) is 0 Å². The average Bonchev–Trinajstić information content (AvgIpc) is 2.80. The maximum Gasteiger partial charge on any atom is 0.0700 e. The molecule has 2 saturated heterocycles. The average molecular weight is 226 g/mol. The van der Waals surface area contributed by atoms with Crippen molar-refractivity contribution in [1.82, 2.24) is 10.2 Å². The molecule has 0 aromatic rings. The molecule has 2 rings (SSSR count). The van der Waals surface area contributed by atoms with Gasteiger partial charge in [-0.05, 0) is 38.3 Å². The number of ether oxygens (including phenoxy) is 1. The minimum absolute atomic E-state index is 0.483. The molecule has 0 spiro atoms. The lowest BCUT2D eigenvalue weighted by atomic mass is 9.93. The maximum absolute atomic E-state index is 5.65. The zero-order chi connectivity index (χ0) is 11.4. The van der Waals surface area contributed by atoms with Crippen LogP contribution >= 0.6 is 0 Å². The van der Waals surface area contributed by atoms with Crippen molar-refractivity contribution in [2.75, 3.05) is 32.8 Å². The largest absolute Gasteiger partial charge is 0.377 e. The smallest absolute Gasteiger partial charge is 0.0700 e. The second kappa shape index (κ2) is 5.99. The summed E-state index contributed by atoms with van der Waals surface area (Å²) >= 11 is 0. The highest BCUT2D eigenvalue weighted by Gasteiger charge is 2.26. The van der Waals surface area contributed by atoms with Crippen LogP contribution in [0.3, 0.4) is 0 Å². The first-order valence-corrected chi connectivity index (χ1v) is 6.87. The van der Waals surface area contributed by atoms with Gasteiger partial charge >= 0.3 is 0 Å². The van der Waals surface area contributed by atoms with Gasteiger partial charge < -0.3 is 15.0 Å². The molecule has 0 saturated carbocycles. The van der Waals surface area contributed by atoms with Crippen molar-refractivity contribution in [1.29, 1.82) is 0 Å². The molecule has 2 aliphatic rings. The van der Waals surface area contributed by atoms with Crippen molar-refractivity contribution in [3.8, 4) is 0 Å². The summed E-state index contributed by atoms with van der Waals surface area (Å²) in [4.78, 5) is 2.55. The molecule has 2 aliphatic heterocycles. The van der Waals surface area contributed by atoms with Gasteiger partial charge in [-0.3, -0.25) is 0 Å². The third-order valence-electron chi connectivity index (χ3n) is 4.07. The molecule has 16 heavy (non-hydrogen) atoms. The van der Waals surface area contributed by atoms with E-state index in [1.165, 1.54) is 38.9 Å². The monoisotopic (exact) mass is 226 g/mol. The topological polar surface area (TPSA) is 24.5 Å². The van der Waals surface area contributed by atoms with Crippen LogP contribution in [0.2, 0.25) is 0 Å². The number of likely N-dealkylation sites (tertiary alicyclic amines) is 1. The van der Waals surface area contributed by atoms with Crippen LogP contribution in [0.5, 0.6) is 0 Å². The van der Waals surface area contributed by atoms with Gasteiger partial charge in [-0.1, -0.05) is 13.8 Å². The molecule has 94 valence electrons. The summed E-state index contributed by atoms with van der Waals surface area (Å²) in [6.07, 6.45) is 4.27. The van der Waals surface area contributed by atoms with Gasteiger partial charge in [0.05, 0.1) is 6.10 Å². The minimum Gasteiger partial charge on any atom is -0.377 e. The molecular formula is C13H26N2O. The Balaban J connectivity index is 1.69. The number of nitrogens with zero attached hydrogens (tertiary/aromatic N) is 1. The van der Waals surface area contributed by atoms with E-state index in [4.69, 9.17) is 4.74 Å². The van der Waals surface area contributed by atoms with Crippen LogP contribution in [0, 0.1) is 5.92 Å². The molecule has 1 N–H and O–H groups in total. The Hall–Kier alpha value is -0.120. The fourth-order valence-electron chi connectivity index (χ4n) is 2.91.